The molecule has 1 heterocycles. The molecule has 0 saturated heterocycles. The van der Waals surface area contributed by atoms with Gasteiger partial charge in [-0.2, -0.15) is 0 Å². The van der Waals surface area contributed by atoms with Crippen molar-refractivity contribution in [2.45, 2.75) is 39.7 Å². The van der Waals surface area contributed by atoms with Crippen LogP contribution in [0.2, 0.25) is 0 Å². The first kappa shape index (κ1) is 19.6. The van der Waals surface area contributed by atoms with Gasteiger partial charge in [0.05, 0.1) is 11.8 Å². The Hall–Kier alpha value is -3.14. The lowest BCUT2D eigenvalue weighted by molar-refractivity contribution is 0.0697. The van der Waals surface area contributed by atoms with E-state index in [1.165, 1.54) is 0 Å². The summed E-state index contributed by atoms with van der Waals surface area (Å²) in [5, 5.41) is 9.83. The molecule has 3 rings (SSSR count). The van der Waals surface area contributed by atoms with E-state index < -0.39 is 5.97 Å². The van der Waals surface area contributed by atoms with Crippen molar-refractivity contribution in [1.29, 1.82) is 0 Å². The number of carboxylic acids is 1. The number of unbranched alkanes of at least 4 members (excludes halogenated alkanes) is 1. The van der Waals surface area contributed by atoms with E-state index in [0.29, 0.717) is 17.9 Å². The molecule has 0 atom stereocenters. The largest absolute Gasteiger partial charge is 0.487 e. The second-order valence-corrected chi connectivity index (χ2v) is 6.87. The van der Waals surface area contributed by atoms with Gasteiger partial charge in [0.25, 0.3) is 0 Å². The van der Waals surface area contributed by atoms with Crippen molar-refractivity contribution in [1.82, 2.24) is 4.98 Å². The van der Waals surface area contributed by atoms with E-state index in [1.54, 1.807) is 12.4 Å². The van der Waals surface area contributed by atoms with Crippen LogP contribution >= 0.6 is 0 Å². The number of hydrogen-bond donors (Lipinski definition) is 1. The highest BCUT2D eigenvalue weighted by atomic mass is 16.5. The van der Waals surface area contributed by atoms with Crippen LogP contribution < -0.4 is 4.74 Å². The standard InChI is InChI=1S/C24H25NO3/c1-3-4-9-18-13-23(24(26)27)22(21-11-6-5-8-17(21)2)14-19(18)16-28-20-10-7-12-25-15-20/h5-8,10-15H,3-4,9,16H2,1-2H3,(H,26,27). The third-order valence-corrected chi connectivity index (χ3v) is 4.83. The van der Waals surface area contributed by atoms with Crippen molar-refractivity contribution in [2.75, 3.05) is 0 Å². The van der Waals surface area contributed by atoms with Gasteiger partial charge in [-0.25, -0.2) is 4.79 Å². The van der Waals surface area contributed by atoms with Crippen molar-refractivity contribution in [3.8, 4) is 16.9 Å². The van der Waals surface area contributed by atoms with Gasteiger partial charge >= 0.3 is 5.97 Å². The molecule has 0 bridgehead atoms. The first-order valence-corrected chi connectivity index (χ1v) is 9.58. The van der Waals surface area contributed by atoms with Crippen LogP contribution in [0.3, 0.4) is 0 Å². The molecule has 2 aromatic carbocycles. The number of carbonyl (C=O) groups is 1. The number of pyridine rings is 1. The maximum absolute atomic E-state index is 12.0. The number of benzene rings is 2. The van der Waals surface area contributed by atoms with E-state index in [0.717, 1.165) is 47.1 Å². The first-order chi connectivity index (χ1) is 13.6. The average Bonchev–Trinajstić information content (AvgIpc) is 2.71. The normalized spacial score (nSPS) is 10.6. The molecule has 0 aliphatic carbocycles. The second kappa shape index (κ2) is 9.18. The molecular formula is C24H25NO3. The second-order valence-electron chi connectivity index (χ2n) is 6.87. The summed E-state index contributed by atoms with van der Waals surface area (Å²) in [6.07, 6.45) is 6.27. The van der Waals surface area contributed by atoms with Gasteiger partial charge in [0, 0.05) is 6.20 Å². The molecule has 0 saturated carbocycles. The summed E-state index contributed by atoms with van der Waals surface area (Å²) in [4.78, 5) is 16.1. The molecule has 3 aromatic rings. The minimum Gasteiger partial charge on any atom is -0.487 e. The predicted octanol–water partition coefficient (Wildman–Crippen LogP) is 5.68. The molecule has 4 nitrogen and oxygen atoms in total. The lowest BCUT2D eigenvalue weighted by Crippen LogP contribution is -2.07. The Morgan fingerprint density at radius 2 is 1.89 bits per heavy atom. The van der Waals surface area contributed by atoms with Crippen LogP contribution in [0, 0.1) is 6.92 Å². The zero-order valence-electron chi connectivity index (χ0n) is 16.3. The van der Waals surface area contributed by atoms with Crippen molar-refractivity contribution < 1.29 is 14.6 Å². The number of aromatic nitrogens is 1. The number of aryl methyl sites for hydroxylation is 2. The fraction of sp³-hybridized carbons (Fsp3) is 0.250. The van der Waals surface area contributed by atoms with Gasteiger partial charge in [-0.05, 0) is 71.8 Å². The van der Waals surface area contributed by atoms with E-state index in [1.807, 2.05) is 55.5 Å². The summed E-state index contributed by atoms with van der Waals surface area (Å²) in [6, 6.07) is 15.4. The third-order valence-electron chi connectivity index (χ3n) is 4.83. The number of aromatic carboxylic acids is 1. The number of ether oxygens (including phenoxy) is 1. The Balaban J connectivity index is 2.05. The van der Waals surface area contributed by atoms with Gasteiger partial charge in [-0.3, -0.25) is 4.98 Å². The summed E-state index contributed by atoms with van der Waals surface area (Å²) >= 11 is 0. The Morgan fingerprint density at radius 1 is 1.07 bits per heavy atom. The predicted molar refractivity (Wildman–Crippen MR) is 111 cm³/mol. The molecule has 0 amide bonds. The molecule has 0 aliphatic rings. The quantitative estimate of drug-likeness (QED) is 0.550. The molecule has 4 heteroatoms. The summed E-state index contributed by atoms with van der Waals surface area (Å²) in [5.74, 6) is -0.209. The number of carboxylic acid groups (broad SMARTS) is 1. The van der Waals surface area contributed by atoms with Crippen molar-refractivity contribution >= 4 is 5.97 Å². The van der Waals surface area contributed by atoms with Crippen LogP contribution in [0.5, 0.6) is 5.75 Å². The monoisotopic (exact) mass is 375 g/mol. The third kappa shape index (κ3) is 4.58. The summed E-state index contributed by atoms with van der Waals surface area (Å²) in [7, 11) is 0. The van der Waals surface area contributed by atoms with Crippen molar-refractivity contribution in [3.05, 3.63) is 83.2 Å². The van der Waals surface area contributed by atoms with Crippen LogP contribution in [0.15, 0.2) is 60.9 Å². The highest BCUT2D eigenvalue weighted by Crippen LogP contribution is 2.31. The van der Waals surface area contributed by atoms with Crippen LogP contribution in [0.25, 0.3) is 11.1 Å². The zero-order valence-corrected chi connectivity index (χ0v) is 16.3. The summed E-state index contributed by atoms with van der Waals surface area (Å²) in [6.45, 7) is 4.51. The van der Waals surface area contributed by atoms with E-state index in [9.17, 15) is 9.90 Å². The highest BCUT2D eigenvalue weighted by molar-refractivity contribution is 5.97. The minimum atomic E-state index is -0.907. The summed E-state index contributed by atoms with van der Waals surface area (Å²) in [5.41, 5.74) is 5.09. The SMILES string of the molecule is CCCCc1cc(C(=O)O)c(-c2ccccc2C)cc1COc1cccnc1. The van der Waals surface area contributed by atoms with E-state index >= 15 is 0 Å². The smallest absolute Gasteiger partial charge is 0.336 e. The Kier molecular flexibility index (Phi) is 6.43. The zero-order chi connectivity index (χ0) is 19.9. The molecule has 0 fully saturated rings. The van der Waals surface area contributed by atoms with Gasteiger partial charge in [-0.1, -0.05) is 37.6 Å². The lowest BCUT2D eigenvalue weighted by Gasteiger charge is -2.17. The fourth-order valence-corrected chi connectivity index (χ4v) is 3.29. The van der Waals surface area contributed by atoms with Gasteiger partial charge in [0.2, 0.25) is 0 Å². The average molecular weight is 375 g/mol. The Labute approximate surface area is 165 Å². The maximum atomic E-state index is 12.0. The van der Waals surface area contributed by atoms with Crippen molar-refractivity contribution in [2.24, 2.45) is 0 Å². The number of hydrogen-bond acceptors (Lipinski definition) is 3. The van der Waals surface area contributed by atoms with Crippen molar-refractivity contribution in [3.63, 3.8) is 0 Å². The molecule has 1 aromatic heterocycles. The molecule has 0 spiro atoms. The van der Waals surface area contributed by atoms with E-state index in [2.05, 4.69) is 11.9 Å². The fourth-order valence-electron chi connectivity index (χ4n) is 3.29. The summed E-state index contributed by atoms with van der Waals surface area (Å²) < 4.78 is 5.92. The maximum Gasteiger partial charge on any atom is 0.336 e. The molecule has 1 N–H and O–H groups in total. The number of rotatable bonds is 8. The minimum absolute atomic E-state index is 0.338. The lowest BCUT2D eigenvalue weighted by atomic mass is 9.90. The first-order valence-electron chi connectivity index (χ1n) is 9.58. The van der Waals surface area contributed by atoms with Gasteiger partial charge in [0.15, 0.2) is 0 Å². The van der Waals surface area contributed by atoms with Crippen LogP contribution in [0.4, 0.5) is 0 Å². The molecule has 0 unspecified atom stereocenters. The molecular weight excluding hydrogens is 350 g/mol. The van der Waals surface area contributed by atoms with E-state index in [-0.39, 0.29) is 0 Å². The van der Waals surface area contributed by atoms with Crippen LogP contribution in [-0.2, 0) is 13.0 Å². The van der Waals surface area contributed by atoms with Gasteiger partial charge in [0.1, 0.15) is 12.4 Å². The Morgan fingerprint density at radius 3 is 2.57 bits per heavy atom. The van der Waals surface area contributed by atoms with Gasteiger partial charge in [-0.15, -0.1) is 0 Å². The van der Waals surface area contributed by atoms with E-state index in [4.69, 9.17) is 4.74 Å². The van der Waals surface area contributed by atoms with Gasteiger partial charge < -0.3 is 9.84 Å². The molecule has 0 aliphatic heterocycles. The van der Waals surface area contributed by atoms with Crippen LogP contribution in [0.1, 0.15) is 46.8 Å². The Bertz CT molecular complexity index is 951. The molecule has 0 radical (unpaired) electrons. The number of nitrogens with zero attached hydrogens (tertiary/aromatic N) is 1. The topological polar surface area (TPSA) is 59.4 Å². The van der Waals surface area contributed by atoms with Crippen LogP contribution in [-0.4, -0.2) is 16.1 Å². The molecule has 28 heavy (non-hydrogen) atoms. The highest BCUT2D eigenvalue weighted by Gasteiger charge is 2.17. The molecule has 144 valence electrons.